The van der Waals surface area contributed by atoms with Gasteiger partial charge in [0.1, 0.15) is 0 Å². The molecule has 1 rings (SSSR count). The molecule has 0 aliphatic heterocycles. The molecule has 0 aliphatic carbocycles. The maximum atomic E-state index is 5.15. The Morgan fingerprint density at radius 1 is 1.64 bits per heavy atom. The molecule has 1 aromatic heterocycles. The maximum absolute atomic E-state index is 5.15. The Morgan fingerprint density at radius 3 is 3.07 bits per heavy atom. The minimum atomic E-state index is 0.465. The summed E-state index contributed by atoms with van der Waals surface area (Å²) in [6, 6.07) is 0.465. The van der Waals surface area contributed by atoms with Crippen LogP contribution in [0.4, 0.5) is 0 Å². The smallest absolute Gasteiger partial charge is 0.0794 e. The quantitative estimate of drug-likeness (QED) is 0.750. The summed E-state index contributed by atoms with van der Waals surface area (Å²) in [6.45, 7) is 3.90. The first-order chi connectivity index (χ1) is 6.86. The summed E-state index contributed by atoms with van der Waals surface area (Å²) in [4.78, 5) is 5.41. The van der Waals surface area contributed by atoms with Crippen LogP contribution in [0.1, 0.15) is 18.2 Å². The number of thiazole rings is 1. The van der Waals surface area contributed by atoms with Crippen molar-refractivity contribution in [1.29, 1.82) is 0 Å². The molecular weight excluding hydrogens is 196 g/mol. The first-order valence-corrected chi connectivity index (χ1v) is 5.84. The average molecular weight is 214 g/mol. The van der Waals surface area contributed by atoms with Crippen LogP contribution in [0.15, 0.2) is 11.7 Å². The predicted octanol–water partition coefficient (Wildman–Crippen LogP) is 1.70. The molecule has 1 N–H and O–H groups in total. The zero-order valence-corrected chi connectivity index (χ0v) is 9.64. The van der Waals surface area contributed by atoms with E-state index in [0.29, 0.717) is 6.04 Å². The molecule has 4 heteroatoms. The van der Waals surface area contributed by atoms with E-state index in [9.17, 15) is 0 Å². The first kappa shape index (κ1) is 11.6. The van der Waals surface area contributed by atoms with Gasteiger partial charge < -0.3 is 10.1 Å². The molecule has 0 radical (unpaired) electrons. The monoisotopic (exact) mass is 214 g/mol. The SMILES string of the molecule is CCNC(CCc1cncs1)COC. The van der Waals surface area contributed by atoms with Crippen molar-refractivity contribution < 1.29 is 4.74 Å². The summed E-state index contributed by atoms with van der Waals surface area (Å²) in [5.41, 5.74) is 1.88. The standard InChI is InChI=1S/C10H18N2OS/c1-3-12-9(7-13-2)4-5-10-6-11-8-14-10/h6,8-9,12H,3-5,7H2,1-2H3. The molecule has 80 valence electrons. The van der Waals surface area contributed by atoms with E-state index in [4.69, 9.17) is 4.74 Å². The fourth-order valence-electron chi connectivity index (χ4n) is 1.42. The van der Waals surface area contributed by atoms with Gasteiger partial charge in [-0.15, -0.1) is 11.3 Å². The van der Waals surface area contributed by atoms with Crippen LogP contribution in [0, 0.1) is 0 Å². The van der Waals surface area contributed by atoms with E-state index in [1.807, 2.05) is 11.7 Å². The molecule has 0 fully saturated rings. The van der Waals surface area contributed by atoms with Crippen LogP contribution in [0.3, 0.4) is 0 Å². The second-order valence-corrected chi connectivity index (χ2v) is 4.19. The van der Waals surface area contributed by atoms with Gasteiger partial charge in [-0.1, -0.05) is 6.92 Å². The van der Waals surface area contributed by atoms with Gasteiger partial charge in [-0.05, 0) is 19.4 Å². The number of rotatable bonds is 7. The second-order valence-electron chi connectivity index (χ2n) is 3.22. The molecule has 0 aliphatic rings. The number of nitrogens with zero attached hydrogens (tertiary/aromatic N) is 1. The van der Waals surface area contributed by atoms with Crippen molar-refractivity contribution in [3.63, 3.8) is 0 Å². The lowest BCUT2D eigenvalue weighted by Gasteiger charge is -2.15. The fourth-order valence-corrected chi connectivity index (χ4v) is 2.03. The highest BCUT2D eigenvalue weighted by Gasteiger charge is 2.07. The van der Waals surface area contributed by atoms with Crippen molar-refractivity contribution >= 4 is 11.3 Å². The third-order valence-corrected chi connectivity index (χ3v) is 2.92. The Kier molecular flexibility index (Phi) is 5.75. The molecule has 0 saturated carbocycles. The molecule has 0 saturated heterocycles. The largest absolute Gasteiger partial charge is 0.383 e. The number of hydrogen-bond acceptors (Lipinski definition) is 4. The van der Waals surface area contributed by atoms with Crippen LogP contribution in [0.25, 0.3) is 0 Å². The van der Waals surface area contributed by atoms with Crippen LogP contribution in [-0.2, 0) is 11.2 Å². The first-order valence-electron chi connectivity index (χ1n) is 4.96. The number of nitrogens with one attached hydrogen (secondary N) is 1. The zero-order valence-electron chi connectivity index (χ0n) is 8.82. The lowest BCUT2D eigenvalue weighted by Crippen LogP contribution is -2.33. The van der Waals surface area contributed by atoms with Gasteiger partial charge in [0.2, 0.25) is 0 Å². The Balaban J connectivity index is 2.25. The summed E-state index contributed by atoms with van der Waals surface area (Å²) in [5, 5.41) is 3.41. The lowest BCUT2D eigenvalue weighted by molar-refractivity contribution is 0.163. The summed E-state index contributed by atoms with van der Waals surface area (Å²) < 4.78 is 5.15. The predicted molar refractivity (Wildman–Crippen MR) is 59.8 cm³/mol. The van der Waals surface area contributed by atoms with Crippen molar-refractivity contribution in [3.8, 4) is 0 Å². The second kappa shape index (κ2) is 6.92. The Bertz CT molecular complexity index is 220. The molecule has 0 spiro atoms. The highest BCUT2D eigenvalue weighted by Crippen LogP contribution is 2.09. The topological polar surface area (TPSA) is 34.2 Å². The normalized spacial score (nSPS) is 13.0. The molecular formula is C10H18N2OS. The minimum Gasteiger partial charge on any atom is -0.383 e. The van der Waals surface area contributed by atoms with Gasteiger partial charge in [0.15, 0.2) is 0 Å². The molecule has 1 heterocycles. The van der Waals surface area contributed by atoms with Crippen LogP contribution < -0.4 is 5.32 Å². The van der Waals surface area contributed by atoms with Crippen molar-refractivity contribution in [2.75, 3.05) is 20.3 Å². The van der Waals surface area contributed by atoms with E-state index < -0.39 is 0 Å². The highest BCUT2D eigenvalue weighted by molar-refractivity contribution is 7.09. The highest BCUT2D eigenvalue weighted by atomic mass is 32.1. The van der Waals surface area contributed by atoms with Gasteiger partial charge in [0, 0.05) is 24.2 Å². The van der Waals surface area contributed by atoms with E-state index in [-0.39, 0.29) is 0 Å². The summed E-state index contributed by atoms with van der Waals surface area (Å²) in [5.74, 6) is 0. The number of hydrogen-bond donors (Lipinski definition) is 1. The van der Waals surface area contributed by atoms with Gasteiger partial charge in [-0.25, -0.2) is 0 Å². The number of ether oxygens (including phenoxy) is 1. The zero-order chi connectivity index (χ0) is 10.2. The van der Waals surface area contributed by atoms with Gasteiger partial charge in [-0.2, -0.15) is 0 Å². The Morgan fingerprint density at radius 2 is 2.50 bits per heavy atom. The lowest BCUT2D eigenvalue weighted by atomic mass is 10.1. The maximum Gasteiger partial charge on any atom is 0.0794 e. The van der Waals surface area contributed by atoms with Crippen LogP contribution >= 0.6 is 11.3 Å². The van der Waals surface area contributed by atoms with Crippen molar-refractivity contribution in [2.45, 2.75) is 25.8 Å². The third kappa shape index (κ3) is 4.17. The van der Waals surface area contributed by atoms with Crippen LogP contribution in [0.5, 0.6) is 0 Å². The van der Waals surface area contributed by atoms with E-state index >= 15 is 0 Å². The average Bonchev–Trinajstić information content (AvgIpc) is 2.67. The van der Waals surface area contributed by atoms with Crippen molar-refractivity contribution in [3.05, 3.63) is 16.6 Å². The van der Waals surface area contributed by atoms with E-state index in [0.717, 1.165) is 26.0 Å². The summed E-state index contributed by atoms with van der Waals surface area (Å²) in [7, 11) is 1.75. The van der Waals surface area contributed by atoms with E-state index in [1.165, 1.54) is 4.88 Å². The Labute approximate surface area is 89.5 Å². The molecule has 1 unspecified atom stereocenters. The molecule has 14 heavy (non-hydrogen) atoms. The van der Waals surface area contributed by atoms with Gasteiger partial charge >= 0.3 is 0 Å². The van der Waals surface area contributed by atoms with Crippen LogP contribution in [-0.4, -0.2) is 31.3 Å². The van der Waals surface area contributed by atoms with Gasteiger partial charge in [0.05, 0.1) is 12.1 Å². The molecule has 0 amide bonds. The van der Waals surface area contributed by atoms with Gasteiger partial charge in [-0.3, -0.25) is 4.98 Å². The Hall–Kier alpha value is -0.450. The summed E-state index contributed by atoms with van der Waals surface area (Å²) in [6.07, 6.45) is 4.15. The molecule has 1 atom stereocenters. The number of aromatic nitrogens is 1. The molecule has 3 nitrogen and oxygen atoms in total. The third-order valence-electron chi connectivity index (χ3n) is 2.08. The van der Waals surface area contributed by atoms with Crippen LogP contribution in [0.2, 0.25) is 0 Å². The fraction of sp³-hybridized carbons (Fsp3) is 0.700. The molecule has 0 bridgehead atoms. The van der Waals surface area contributed by atoms with Crippen molar-refractivity contribution in [2.24, 2.45) is 0 Å². The number of aryl methyl sites for hydroxylation is 1. The van der Waals surface area contributed by atoms with Gasteiger partial charge in [0.25, 0.3) is 0 Å². The summed E-state index contributed by atoms with van der Waals surface area (Å²) >= 11 is 1.72. The minimum absolute atomic E-state index is 0.465. The van der Waals surface area contributed by atoms with E-state index in [1.54, 1.807) is 18.4 Å². The number of likely N-dealkylation sites (N-methyl/N-ethyl adjacent to an activating group) is 1. The van der Waals surface area contributed by atoms with Crippen molar-refractivity contribution in [1.82, 2.24) is 10.3 Å². The number of methoxy groups -OCH3 is 1. The molecule has 0 aromatic carbocycles. The van der Waals surface area contributed by atoms with E-state index in [2.05, 4.69) is 17.2 Å². The molecule has 1 aromatic rings.